The molecule has 0 unspecified atom stereocenters. The van der Waals surface area contributed by atoms with Crippen LogP contribution in [-0.4, -0.2) is 17.9 Å². The van der Waals surface area contributed by atoms with Gasteiger partial charge >= 0.3 is 0 Å². The van der Waals surface area contributed by atoms with Gasteiger partial charge in [0.15, 0.2) is 6.29 Å². The summed E-state index contributed by atoms with van der Waals surface area (Å²) in [6, 6.07) is 11.4. The van der Waals surface area contributed by atoms with Crippen LogP contribution in [0.4, 0.5) is 0 Å². The van der Waals surface area contributed by atoms with E-state index in [0.717, 1.165) is 39.8 Å². The summed E-state index contributed by atoms with van der Waals surface area (Å²) in [7, 11) is 0. The van der Waals surface area contributed by atoms with Crippen LogP contribution >= 0.6 is 11.6 Å². The number of benzene rings is 2. The summed E-state index contributed by atoms with van der Waals surface area (Å²) >= 11 is 6.30. The minimum atomic E-state index is 0.563. The number of hydrogen-bond donors (Lipinski definition) is 1. The molecule has 4 heteroatoms. The topological polar surface area (TPSA) is 42.1 Å². The Morgan fingerprint density at radius 1 is 1.23 bits per heavy atom. The first-order valence-electron chi connectivity index (χ1n) is 7.15. The van der Waals surface area contributed by atoms with Crippen molar-refractivity contribution in [1.29, 1.82) is 0 Å². The first-order chi connectivity index (χ1) is 10.7. The van der Waals surface area contributed by atoms with Crippen molar-refractivity contribution < 1.29 is 9.53 Å². The molecule has 0 saturated carbocycles. The minimum Gasteiger partial charge on any atom is -0.493 e. The highest BCUT2D eigenvalue weighted by Crippen LogP contribution is 2.38. The van der Waals surface area contributed by atoms with E-state index in [1.54, 1.807) is 0 Å². The minimum absolute atomic E-state index is 0.563. The Morgan fingerprint density at radius 2 is 2.00 bits per heavy atom. The third-order valence-electron chi connectivity index (χ3n) is 3.73. The van der Waals surface area contributed by atoms with E-state index in [1.807, 2.05) is 50.2 Å². The molecular weight excluding hydrogens is 298 g/mol. The molecule has 0 fully saturated rings. The van der Waals surface area contributed by atoms with Gasteiger partial charge in [-0.2, -0.15) is 0 Å². The third kappa shape index (κ3) is 2.28. The molecule has 1 N–H and O–H groups in total. The van der Waals surface area contributed by atoms with Crippen LogP contribution in [-0.2, 0) is 0 Å². The summed E-state index contributed by atoms with van der Waals surface area (Å²) in [6.45, 7) is 4.49. The summed E-state index contributed by atoms with van der Waals surface area (Å²) in [4.78, 5) is 15.0. The maximum atomic E-state index is 11.7. The number of H-pyrrole nitrogens is 1. The van der Waals surface area contributed by atoms with Crippen LogP contribution in [0.25, 0.3) is 22.2 Å². The maximum absolute atomic E-state index is 11.7. The second-order valence-corrected chi connectivity index (χ2v) is 5.48. The van der Waals surface area contributed by atoms with Gasteiger partial charge in [0.1, 0.15) is 5.75 Å². The van der Waals surface area contributed by atoms with Crippen LogP contribution in [0.3, 0.4) is 0 Å². The molecule has 3 rings (SSSR count). The molecule has 1 heterocycles. The van der Waals surface area contributed by atoms with Gasteiger partial charge in [0.25, 0.3) is 0 Å². The summed E-state index contributed by atoms with van der Waals surface area (Å²) in [5.74, 6) is 0.744. The Hall–Kier alpha value is -2.26. The zero-order valence-electron chi connectivity index (χ0n) is 12.4. The van der Waals surface area contributed by atoms with Gasteiger partial charge in [-0.25, -0.2) is 0 Å². The molecular formula is C18H16ClNO2. The van der Waals surface area contributed by atoms with Crippen molar-refractivity contribution in [2.75, 3.05) is 6.61 Å². The summed E-state index contributed by atoms with van der Waals surface area (Å²) in [5.41, 5.74) is 4.10. The monoisotopic (exact) mass is 313 g/mol. The molecule has 0 radical (unpaired) electrons. The lowest BCUT2D eigenvalue weighted by atomic mass is 10.0. The number of para-hydroxylation sites is 1. The maximum Gasteiger partial charge on any atom is 0.152 e. The number of fused-ring (bicyclic) bond motifs is 1. The van der Waals surface area contributed by atoms with Gasteiger partial charge in [0.05, 0.1) is 22.8 Å². The van der Waals surface area contributed by atoms with Gasteiger partial charge in [0.2, 0.25) is 0 Å². The molecule has 3 nitrogen and oxygen atoms in total. The van der Waals surface area contributed by atoms with Crippen LogP contribution in [0.2, 0.25) is 5.02 Å². The predicted molar refractivity (Wildman–Crippen MR) is 90.0 cm³/mol. The molecule has 3 aromatic rings. The summed E-state index contributed by atoms with van der Waals surface area (Å²) in [5, 5.41) is 1.33. The number of hydrogen-bond acceptors (Lipinski definition) is 2. The van der Waals surface area contributed by atoms with E-state index >= 15 is 0 Å². The van der Waals surface area contributed by atoms with Gasteiger partial charge in [0, 0.05) is 16.5 Å². The number of nitrogens with one attached hydrogen (secondary N) is 1. The lowest BCUT2D eigenvalue weighted by molar-refractivity contribution is 0.112. The molecule has 0 saturated heterocycles. The van der Waals surface area contributed by atoms with Gasteiger partial charge in [-0.1, -0.05) is 29.8 Å². The first-order valence-corrected chi connectivity index (χ1v) is 7.53. The SMILES string of the molecule is CCOc1ccccc1-c1[nH]c2c(C)ccc(Cl)c2c1C=O. The molecule has 0 bridgehead atoms. The summed E-state index contributed by atoms with van der Waals surface area (Å²) in [6.07, 6.45) is 0.849. The molecule has 0 aliphatic heterocycles. The molecule has 112 valence electrons. The van der Waals surface area contributed by atoms with Crippen molar-refractivity contribution in [2.24, 2.45) is 0 Å². The highest BCUT2D eigenvalue weighted by Gasteiger charge is 2.18. The fourth-order valence-corrected chi connectivity index (χ4v) is 2.97. The van der Waals surface area contributed by atoms with Crippen molar-refractivity contribution in [3.05, 3.63) is 52.5 Å². The zero-order valence-corrected chi connectivity index (χ0v) is 13.2. The van der Waals surface area contributed by atoms with Gasteiger partial charge < -0.3 is 9.72 Å². The smallest absolute Gasteiger partial charge is 0.152 e. The largest absolute Gasteiger partial charge is 0.493 e. The quantitative estimate of drug-likeness (QED) is 0.688. The van der Waals surface area contributed by atoms with Crippen LogP contribution in [0.1, 0.15) is 22.8 Å². The lowest BCUT2D eigenvalue weighted by Crippen LogP contribution is -1.95. The molecule has 1 aromatic heterocycles. The number of aryl methyl sites for hydroxylation is 1. The molecule has 0 amide bonds. The molecule has 0 atom stereocenters. The number of aromatic nitrogens is 1. The average Bonchev–Trinajstić information content (AvgIpc) is 2.92. The van der Waals surface area contributed by atoms with E-state index in [2.05, 4.69) is 4.98 Å². The van der Waals surface area contributed by atoms with E-state index in [0.29, 0.717) is 17.2 Å². The van der Waals surface area contributed by atoms with Crippen molar-refractivity contribution >= 4 is 28.8 Å². The van der Waals surface area contributed by atoms with Gasteiger partial charge in [-0.3, -0.25) is 4.79 Å². The van der Waals surface area contributed by atoms with Crippen LogP contribution < -0.4 is 4.74 Å². The van der Waals surface area contributed by atoms with E-state index in [4.69, 9.17) is 16.3 Å². The molecule has 0 spiro atoms. The van der Waals surface area contributed by atoms with Crippen LogP contribution in [0.5, 0.6) is 5.75 Å². The highest BCUT2D eigenvalue weighted by atomic mass is 35.5. The number of aromatic amines is 1. The van der Waals surface area contributed by atoms with E-state index in [9.17, 15) is 4.79 Å². The Balaban J connectivity index is 2.35. The van der Waals surface area contributed by atoms with Crippen molar-refractivity contribution in [3.8, 4) is 17.0 Å². The Morgan fingerprint density at radius 3 is 2.73 bits per heavy atom. The van der Waals surface area contributed by atoms with Crippen molar-refractivity contribution in [1.82, 2.24) is 4.98 Å². The van der Waals surface area contributed by atoms with Crippen LogP contribution in [0.15, 0.2) is 36.4 Å². The highest BCUT2D eigenvalue weighted by molar-refractivity contribution is 6.37. The Labute approximate surface area is 133 Å². The van der Waals surface area contributed by atoms with E-state index in [1.165, 1.54) is 0 Å². The van der Waals surface area contributed by atoms with Gasteiger partial charge in [-0.05, 0) is 37.6 Å². The fourth-order valence-electron chi connectivity index (χ4n) is 2.71. The standard InChI is InChI=1S/C18H16ClNO2/c1-3-22-15-7-5-4-6-12(15)18-13(10-21)16-14(19)9-8-11(2)17(16)20-18/h4-10,20H,3H2,1-2H3. The number of halogens is 1. The molecule has 0 aliphatic rings. The number of aldehydes is 1. The summed E-state index contributed by atoms with van der Waals surface area (Å²) < 4.78 is 5.68. The number of carbonyl (C=O) groups is 1. The van der Waals surface area contributed by atoms with E-state index < -0.39 is 0 Å². The molecule has 22 heavy (non-hydrogen) atoms. The number of carbonyl (C=O) groups excluding carboxylic acids is 1. The Kier molecular flexibility index (Phi) is 3.90. The van der Waals surface area contributed by atoms with Crippen molar-refractivity contribution in [2.45, 2.75) is 13.8 Å². The van der Waals surface area contributed by atoms with Gasteiger partial charge in [-0.15, -0.1) is 0 Å². The number of rotatable bonds is 4. The normalized spacial score (nSPS) is 10.9. The predicted octanol–water partition coefficient (Wildman–Crippen LogP) is 5.01. The second-order valence-electron chi connectivity index (χ2n) is 5.07. The lowest BCUT2D eigenvalue weighted by Gasteiger charge is -2.09. The van der Waals surface area contributed by atoms with E-state index in [-0.39, 0.29) is 0 Å². The fraction of sp³-hybridized carbons (Fsp3) is 0.167. The average molecular weight is 314 g/mol. The Bertz CT molecular complexity index is 852. The third-order valence-corrected chi connectivity index (χ3v) is 4.04. The number of ether oxygens (including phenoxy) is 1. The molecule has 2 aromatic carbocycles. The second kappa shape index (κ2) is 5.85. The first kappa shape index (κ1) is 14.7. The van der Waals surface area contributed by atoms with Crippen LogP contribution in [0, 0.1) is 6.92 Å². The zero-order chi connectivity index (χ0) is 15.7. The molecule has 0 aliphatic carbocycles. The van der Waals surface area contributed by atoms with Crippen molar-refractivity contribution in [3.63, 3.8) is 0 Å².